The lowest BCUT2D eigenvalue weighted by molar-refractivity contribution is 0.203. The highest BCUT2D eigenvalue weighted by Crippen LogP contribution is 2.16. The van der Waals surface area contributed by atoms with Crippen LogP contribution < -0.4 is 4.90 Å². The number of methoxy groups -OCH3 is 1. The number of anilines is 1. The van der Waals surface area contributed by atoms with Crippen LogP contribution in [0, 0.1) is 0 Å². The van der Waals surface area contributed by atoms with E-state index in [9.17, 15) is 0 Å². The van der Waals surface area contributed by atoms with Gasteiger partial charge in [-0.15, -0.1) is 0 Å². The lowest BCUT2D eigenvalue weighted by Gasteiger charge is -2.27. The molecule has 1 aromatic rings. The van der Waals surface area contributed by atoms with E-state index in [0.717, 1.165) is 12.4 Å². The van der Waals surface area contributed by atoms with Crippen LogP contribution in [0.2, 0.25) is 5.15 Å². The van der Waals surface area contributed by atoms with Crippen molar-refractivity contribution in [1.82, 2.24) is 4.98 Å². The lowest BCUT2D eigenvalue weighted by atomic mass is 10.3. The summed E-state index contributed by atoms with van der Waals surface area (Å²) in [4.78, 5) is 6.45. The van der Waals surface area contributed by atoms with Crippen LogP contribution in [-0.2, 0) is 4.74 Å². The fraction of sp³-hybridized carbons (Fsp3) is 0.545. The molecule has 0 aliphatic rings. The van der Waals surface area contributed by atoms with Crippen molar-refractivity contribution in [2.45, 2.75) is 19.9 Å². The molecule has 0 aliphatic carbocycles. The molecule has 0 radical (unpaired) electrons. The molecule has 0 atom stereocenters. The van der Waals surface area contributed by atoms with Gasteiger partial charge < -0.3 is 9.64 Å². The van der Waals surface area contributed by atoms with Crippen LogP contribution in [0.1, 0.15) is 13.8 Å². The molecule has 0 aliphatic heterocycles. The minimum atomic E-state index is 0.381. The van der Waals surface area contributed by atoms with Crippen molar-refractivity contribution < 1.29 is 4.74 Å². The van der Waals surface area contributed by atoms with Crippen molar-refractivity contribution >= 4 is 17.4 Å². The van der Waals surface area contributed by atoms with Crippen LogP contribution in [0.3, 0.4) is 0 Å². The molecule has 0 saturated heterocycles. The highest BCUT2D eigenvalue weighted by Gasteiger charge is 2.11. The Morgan fingerprint density at radius 1 is 1.47 bits per heavy atom. The van der Waals surface area contributed by atoms with Gasteiger partial charge in [0.2, 0.25) is 0 Å². The zero-order valence-corrected chi connectivity index (χ0v) is 10.2. The summed E-state index contributed by atoms with van der Waals surface area (Å²) in [6.07, 6.45) is 0. The zero-order valence-electron chi connectivity index (χ0n) is 9.40. The Kier molecular flexibility index (Phi) is 4.85. The number of rotatable bonds is 5. The van der Waals surface area contributed by atoms with Crippen molar-refractivity contribution in [1.29, 1.82) is 0 Å². The van der Waals surface area contributed by atoms with Gasteiger partial charge in [-0.1, -0.05) is 17.7 Å². The first kappa shape index (κ1) is 12.3. The standard InChI is InChI=1S/C11H17ClN2O/c1-9(2)14(7-8-15-3)11-6-4-5-10(12)13-11/h4-6,9H,7-8H2,1-3H3. The van der Waals surface area contributed by atoms with Crippen molar-refractivity contribution in [3.63, 3.8) is 0 Å². The molecule has 0 bridgehead atoms. The fourth-order valence-electron chi connectivity index (χ4n) is 1.38. The minimum Gasteiger partial charge on any atom is -0.383 e. The van der Waals surface area contributed by atoms with E-state index in [4.69, 9.17) is 16.3 Å². The van der Waals surface area contributed by atoms with Gasteiger partial charge in [-0.25, -0.2) is 4.98 Å². The average Bonchev–Trinajstić information content (AvgIpc) is 2.18. The summed E-state index contributed by atoms with van der Waals surface area (Å²) in [6.45, 7) is 5.75. The molecule has 0 fully saturated rings. The summed E-state index contributed by atoms with van der Waals surface area (Å²) >= 11 is 5.86. The number of hydrogen-bond acceptors (Lipinski definition) is 3. The Morgan fingerprint density at radius 2 is 2.20 bits per heavy atom. The monoisotopic (exact) mass is 228 g/mol. The fourth-order valence-corrected chi connectivity index (χ4v) is 1.54. The SMILES string of the molecule is COCCN(c1cccc(Cl)n1)C(C)C. The van der Waals surface area contributed by atoms with Gasteiger partial charge in [0.25, 0.3) is 0 Å². The molecular formula is C11H17ClN2O. The smallest absolute Gasteiger partial charge is 0.131 e. The Hall–Kier alpha value is -0.800. The van der Waals surface area contributed by atoms with Gasteiger partial charge in [0.1, 0.15) is 11.0 Å². The maximum Gasteiger partial charge on any atom is 0.131 e. The molecule has 0 N–H and O–H groups in total. The predicted octanol–water partition coefficient (Wildman–Crippen LogP) is 2.60. The van der Waals surface area contributed by atoms with E-state index >= 15 is 0 Å². The van der Waals surface area contributed by atoms with Gasteiger partial charge in [0.15, 0.2) is 0 Å². The Bertz CT molecular complexity index is 304. The molecule has 15 heavy (non-hydrogen) atoms. The van der Waals surface area contributed by atoms with E-state index in [1.807, 2.05) is 12.1 Å². The highest BCUT2D eigenvalue weighted by atomic mass is 35.5. The number of hydrogen-bond donors (Lipinski definition) is 0. The first-order chi connectivity index (χ1) is 7.15. The van der Waals surface area contributed by atoms with E-state index in [-0.39, 0.29) is 0 Å². The minimum absolute atomic E-state index is 0.381. The molecule has 3 nitrogen and oxygen atoms in total. The average molecular weight is 229 g/mol. The van der Waals surface area contributed by atoms with Gasteiger partial charge in [0.05, 0.1) is 6.61 Å². The molecule has 0 aromatic carbocycles. The van der Waals surface area contributed by atoms with E-state index in [1.54, 1.807) is 13.2 Å². The Labute approximate surface area is 96.0 Å². The topological polar surface area (TPSA) is 25.4 Å². The third-order valence-corrected chi connectivity index (χ3v) is 2.36. The van der Waals surface area contributed by atoms with E-state index < -0.39 is 0 Å². The number of nitrogens with zero attached hydrogens (tertiary/aromatic N) is 2. The molecule has 84 valence electrons. The second-order valence-electron chi connectivity index (χ2n) is 3.60. The first-order valence-electron chi connectivity index (χ1n) is 5.03. The predicted molar refractivity (Wildman–Crippen MR) is 63.6 cm³/mol. The van der Waals surface area contributed by atoms with Crippen LogP contribution in [0.4, 0.5) is 5.82 Å². The van der Waals surface area contributed by atoms with Gasteiger partial charge in [-0.2, -0.15) is 0 Å². The maximum atomic E-state index is 5.86. The normalized spacial score (nSPS) is 10.7. The quantitative estimate of drug-likeness (QED) is 0.725. The molecule has 1 aromatic heterocycles. The van der Waals surface area contributed by atoms with E-state index in [2.05, 4.69) is 23.7 Å². The second kappa shape index (κ2) is 5.93. The van der Waals surface area contributed by atoms with Crippen LogP contribution in [-0.4, -0.2) is 31.3 Å². The van der Waals surface area contributed by atoms with Gasteiger partial charge in [0, 0.05) is 19.7 Å². The largest absolute Gasteiger partial charge is 0.383 e. The van der Waals surface area contributed by atoms with Gasteiger partial charge in [-0.3, -0.25) is 0 Å². The number of pyridine rings is 1. The van der Waals surface area contributed by atoms with Crippen LogP contribution in [0.15, 0.2) is 18.2 Å². The number of ether oxygens (including phenoxy) is 1. The number of aromatic nitrogens is 1. The van der Waals surface area contributed by atoms with Crippen molar-refractivity contribution in [3.8, 4) is 0 Å². The van der Waals surface area contributed by atoms with Crippen LogP contribution in [0.25, 0.3) is 0 Å². The van der Waals surface area contributed by atoms with E-state index in [1.165, 1.54) is 0 Å². The second-order valence-corrected chi connectivity index (χ2v) is 3.99. The third-order valence-electron chi connectivity index (χ3n) is 2.15. The molecule has 1 heterocycles. The van der Waals surface area contributed by atoms with Gasteiger partial charge in [-0.05, 0) is 26.0 Å². The third kappa shape index (κ3) is 3.68. The van der Waals surface area contributed by atoms with Crippen LogP contribution in [0.5, 0.6) is 0 Å². The lowest BCUT2D eigenvalue weighted by Crippen LogP contribution is -2.34. The van der Waals surface area contributed by atoms with Gasteiger partial charge >= 0.3 is 0 Å². The van der Waals surface area contributed by atoms with Crippen molar-refractivity contribution in [2.75, 3.05) is 25.2 Å². The summed E-state index contributed by atoms with van der Waals surface area (Å²) in [5.41, 5.74) is 0. The summed E-state index contributed by atoms with van der Waals surface area (Å²) in [5.74, 6) is 0.898. The van der Waals surface area contributed by atoms with Crippen molar-refractivity contribution in [2.24, 2.45) is 0 Å². The van der Waals surface area contributed by atoms with E-state index in [0.29, 0.717) is 17.8 Å². The summed E-state index contributed by atoms with van der Waals surface area (Å²) in [6, 6.07) is 6.03. The molecule has 0 unspecified atom stereocenters. The molecule has 4 heteroatoms. The molecule has 0 saturated carbocycles. The summed E-state index contributed by atoms with van der Waals surface area (Å²) in [5, 5.41) is 0.524. The zero-order chi connectivity index (χ0) is 11.3. The number of halogens is 1. The maximum absolute atomic E-state index is 5.86. The highest BCUT2D eigenvalue weighted by molar-refractivity contribution is 6.29. The Morgan fingerprint density at radius 3 is 2.73 bits per heavy atom. The molecule has 0 spiro atoms. The molecule has 1 rings (SSSR count). The molecule has 0 amide bonds. The summed E-state index contributed by atoms with van der Waals surface area (Å²) < 4.78 is 5.07. The van der Waals surface area contributed by atoms with Crippen LogP contribution >= 0.6 is 11.6 Å². The summed E-state index contributed by atoms with van der Waals surface area (Å²) in [7, 11) is 1.70. The van der Waals surface area contributed by atoms with Crippen molar-refractivity contribution in [3.05, 3.63) is 23.4 Å². The molecular weight excluding hydrogens is 212 g/mol. The Balaban J connectivity index is 2.79. The first-order valence-corrected chi connectivity index (χ1v) is 5.41.